The lowest BCUT2D eigenvalue weighted by Gasteiger charge is -2.34. The van der Waals surface area contributed by atoms with Crippen LogP contribution in [0, 0.1) is 11.7 Å². The number of halogens is 1. The molecule has 1 amide bonds. The van der Waals surface area contributed by atoms with Gasteiger partial charge in [0.2, 0.25) is 5.91 Å². The molecule has 1 heterocycles. The van der Waals surface area contributed by atoms with Crippen molar-refractivity contribution in [1.29, 1.82) is 0 Å². The van der Waals surface area contributed by atoms with Crippen LogP contribution in [0.2, 0.25) is 0 Å². The summed E-state index contributed by atoms with van der Waals surface area (Å²) in [7, 11) is 1.62. The maximum atomic E-state index is 13.2. The van der Waals surface area contributed by atoms with Crippen LogP contribution in [0.5, 0.6) is 0 Å². The van der Waals surface area contributed by atoms with E-state index in [-0.39, 0.29) is 12.8 Å². The molecule has 136 valence electrons. The molecule has 1 saturated heterocycles. The Morgan fingerprint density at radius 2 is 1.88 bits per heavy atom. The molecular weight excluding hydrogens is 331 g/mol. The van der Waals surface area contributed by atoms with Crippen LogP contribution in [-0.4, -0.2) is 52.1 Å². The maximum Gasteiger partial charge on any atom is 0.324 e. The van der Waals surface area contributed by atoms with Gasteiger partial charge in [-0.25, -0.2) is 4.39 Å². The van der Waals surface area contributed by atoms with Gasteiger partial charge in [0.1, 0.15) is 17.9 Å². The van der Waals surface area contributed by atoms with Crippen molar-refractivity contribution in [2.75, 3.05) is 13.6 Å². The second-order valence-corrected chi connectivity index (χ2v) is 6.22. The van der Waals surface area contributed by atoms with Crippen LogP contribution in [0.1, 0.15) is 31.4 Å². The minimum Gasteiger partial charge on any atom is -0.480 e. The summed E-state index contributed by atoms with van der Waals surface area (Å²) in [5.41, 5.74) is -0.638. The molecule has 1 aliphatic heterocycles. The van der Waals surface area contributed by atoms with Gasteiger partial charge in [0.05, 0.1) is 5.92 Å². The predicted octanol–water partition coefficient (Wildman–Crippen LogP) is 1.25. The predicted molar refractivity (Wildman–Crippen MR) is 86.3 cm³/mol. The van der Waals surface area contributed by atoms with E-state index in [1.54, 1.807) is 18.9 Å². The molecule has 3 N–H and O–H groups in total. The minimum absolute atomic E-state index is 0.0445. The number of rotatable bonds is 6. The van der Waals surface area contributed by atoms with Crippen molar-refractivity contribution in [2.45, 2.75) is 31.3 Å². The number of nitrogens with one attached hydrogen (secondary N) is 1. The fourth-order valence-corrected chi connectivity index (χ4v) is 3.58. The number of nitrogens with zero attached hydrogens (tertiary/aromatic N) is 1. The molecule has 0 aromatic heterocycles. The third kappa shape index (κ3) is 3.48. The molecule has 1 aromatic rings. The van der Waals surface area contributed by atoms with Gasteiger partial charge in [-0.2, -0.15) is 0 Å². The fraction of sp³-hybridized carbons (Fsp3) is 0.471. The van der Waals surface area contributed by atoms with Crippen LogP contribution in [0.25, 0.3) is 0 Å². The van der Waals surface area contributed by atoms with Crippen molar-refractivity contribution >= 4 is 17.8 Å². The fourth-order valence-electron chi connectivity index (χ4n) is 3.58. The number of amides is 1. The summed E-state index contributed by atoms with van der Waals surface area (Å²) in [6.45, 7) is 1.19. The third-order valence-corrected chi connectivity index (χ3v) is 4.98. The lowest BCUT2D eigenvalue weighted by Crippen LogP contribution is -2.48. The van der Waals surface area contributed by atoms with Crippen molar-refractivity contribution in [1.82, 2.24) is 10.2 Å². The van der Waals surface area contributed by atoms with Gasteiger partial charge in [-0.3, -0.25) is 19.3 Å². The monoisotopic (exact) mass is 352 g/mol. The van der Waals surface area contributed by atoms with Crippen LogP contribution in [0.4, 0.5) is 4.39 Å². The molecule has 1 aliphatic rings. The van der Waals surface area contributed by atoms with E-state index in [9.17, 15) is 23.9 Å². The maximum absolute atomic E-state index is 13.2. The lowest BCUT2D eigenvalue weighted by molar-refractivity contribution is -0.150. The molecule has 0 radical (unpaired) electrons. The van der Waals surface area contributed by atoms with Gasteiger partial charge in [-0.05, 0) is 37.6 Å². The Morgan fingerprint density at radius 3 is 2.36 bits per heavy atom. The topological polar surface area (TPSA) is 107 Å². The second-order valence-electron chi connectivity index (χ2n) is 6.22. The van der Waals surface area contributed by atoms with E-state index in [0.29, 0.717) is 5.56 Å². The van der Waals surface area contributed by atoms with E-state index in [2.05, 4.69) is 5.32 Å². The lowest BCUT2D eigenvalue weighted by atomic mass is 9.87. The number of hydrogen-bond donors (Lipinski definition) is 3. The van der Waals surface area contributed by atoms with Crippen LogP contribution in [0.3, 0.4) is 0 Å². The zero-order chi connectivity index (χ0) is 18.8. The molecule has 25 heavy (non-hydrogen) atoms. The van der Waals surface area contributed by atoms with Crippen LogP contribution < -0.4 is 5.32 Å². The first-order valence-electron chi connectivity index (χ1n) is 7.94. The Bertz CT molecular complexity index is 678. The number of hydrogen-bond acceptors (Lipinski definition) is 4. The highest BCUT2D eigenvalue weighted by Gasteiger charge is 2.56. The number of likely N-dealkylation sites (N-methyl/N-ethyl adjacent to an activating group) is 1. The molecule has 0 aliphatic carbocycles. The second kappa shape index (κ2) is 7.18. The average molecular weight is 352 g/mol. The van der Waals surface area contributed by atoms with Crippen LogP contribution >= 0.6 is 0 Å². The quantitative estimate of drug-likeness (QED) is 0.711. The molecule has 1 aromatic carbocycles. The molecule has 1 fully saturated rings. The number of likely N-dealkylation sites (tertiary alicyclic amines) is 1. The van der Waals surface area contributed by atoms with Gasteiger partial charge in [0.15, 0.2) is 0 Å². The molecule has 0 bridgehead atoms. The third-order valence-electron chi connectivity index (χ3n) is 4.98. The number of carbonyl (C=O) groups excluding carboxylic acids is 1. The van der Waals surface area contributed by atoms with Gasteiger partial charge in [-0.1, -0.05) is 19.1 Å². The Balaban J connectivity index is 2.42. The van der Waals surface area contributed by atoms with Crippen molar-refractivity contribution in [2.24, 2.45) is 5.92 Å². The first-order valence-corrected chi connectivity index (χ1v) is 7.94. The van der Waals surface area contributed by atoms with Crippen molar-refractivity contribution in [3.05, 3.63) is 35.6 Å². The van der Waals surface area contributed by atoms with E-state index >= 15 is 0 Å². The number of carboxylic acids is 2. The molecule has 8 heteroatoms. The molecule has 3 atom stereocenters. The molecule has 0 unspecified atom stereocenters. The van der Waals surface area contributed by atoms with Gasteiger partial charge < -0.3 is 15.5 Å². The number of benzene rings is 1. The van der Waals surface area contributed by atoms with Gasteiger partial charge >= 0.3 is 11.9 Å². The highest BCUT2D eigenvalue weighted by atomic mass is 19.1. The van der Waals surface area contributed by atoms with Gasteiger partial charge in [0.25, 0.3) is 0 Å². The number of carbonyl (C=O) groups is 3. The summed E-state index contributed by atoms with van der Waals surface area (Å²) in [5.74, 6) is -3.95. The van der Waals surface area contributed by atoms with Gasteiger partial charge in [0, 0.05) is 6.04 Å². The van der Waals surface area contributed by atoms with E-state index < -0.39 is 47.7 Å². The zero-order valence-electron chi connectivity index (χ0n) is 14.0. The normalized spacial score (nSPS) is 26.4. The SMILES string of the molecule is CC[C@@]1(C(=O)O)C[C@H](C(=O)NCC(=O)O)[C@H](c2ccc(F)cc2)N1C. The summed E-state index contributed by atoms with van der Waals surface area (Å²) >= 11 is 0. The Morgan fingerprint density at radius 1 is 1.28 bits per heavy atom. The smallest absolute Gasteiger partial charge is 0.324 e. The Kier molecular flexibility index (Phi) is 5.42. The first kappa shape index (κ1) is 18.9. The number of carboxylic acid groups (broad SMARTS) is 2. The average Bonchev–Trinajstić information content (AvgIpc) is 2.87. The summed E-state index contributed by atoms with van der Waals surface area (Å²) < 4.78 is 13.2. The number of aliphatic carboxylic acids is 2. The molecule has 0 spiro atoms. The Hall–Kier alpha value is -2.48. The summed E-state index contributed by atoms with van der Waals surface area (Å²) in [5, 5.41) is 20.8. The molecule has 0 saturated carbocycles. The highest BCUT2D eigenvalue weighted by molar-refractivity contribution is 5.87. The van der Waals surface area contributed by atoms with Crippen molar-refractivity contribution in [3.63, 3.8) is 0 Å². The summed E-state index contributed by atoms with van der Waals surface area (Å²) in [4.78, 5) is 36.7. The van der Waals surface area contributed by atoms with Crippen molar-refractivity contribution in [3.8, 4) is 0 Å². The van der Waals surface area contributed by atoms with E-state index in [0.717, 1.165) is 0 Å². The highest BCUT2D eigenvalue weighted by Crippen LogP contribution is 2.47. The molecule has 2 rings (SSSR count). The molecular formula is C17H21FN2O5. The van der Waals surface area contributed by atoms with E-state index in [4.69, 9.17) is 5.11 Å². The first-order chi connectivity index (χ1) is 11.7. The largest absolute Gasteiger partial charge is 0.480 e. The summed E-state index contributed by atoms with van der Waals surface area (Å²) in [6, 6.07) is 4.94. The van der Waals surface area contributed by atoms with Crippen LogP contribution in [0.15, 0.2) is 24.3 Å². The van der Waals surface area contributed by atoms with Gasteiger partial charge in [-0.15, -0.1) is 0 Å². The molecule has 7 nitrogen and oxygen atoms in total. The minimum atomic E-state index is -1.25. The summed E-state index contributed by atoms with van der Waals surface area (Å²) in [6.07, 6.45) is 0.321. The van der Waals surface area contributed by atoms with E-state index in [1.807, 2.05) is 0 Å². The van der Waals surface area contributed by atoms with E-state index in [1.165, 1.54) is 24.3 Å². The van der Waals surface area contributed by atoms with Crippen LogP contribution in [-0.2, 0) is 14.4 Å². The van der Waals surface area contributed by atoms with Crippen molar-refractivity contribution < 1.29 is 29.0 Å². The standard InChI is InChI=1S/C17H21FN2O5/c1-3-17(16(24)25)8-12(15(23)19-9-13(21)22)14(20(17)2)10-4-6-11(18)7-5-10/h4-7,12,14H,3,8-9H2,1-2H3,(H,19,23)(H,21,22)(H,24,25)/t12-,14-,17-/m0/s1. The zero-order valence-corrected chi connectivity index (χ0v) is 14.0. The Labute approximate surface area is 144 Å².